The number of aryl methyl sites for hydroxylation is 1. The fourth-order valence-corrected chi connectivity index (χ4v) is 1.56. The summed E-state index contributed by atoms with van der Waals surface area (Å²) in [5, 5.41) is 6.71. The van der Waals surface area contributed by atoms with Gasteiger partial charge in [0.2, 0.25) is 0 Å². The van der Waals surface area contributed by atoms with Crippen molar-refractivity contribution in [2.45, 2.75) is 6.92 Å². The predicted octanol–water partition coefficient (Wildman–Crippen LogP) is 3.15. The second-order valence-electron chi connectivity index (χ2n) is 2.95. The first-order valence-corrected chi connectivity index (χ1v) is 4.82. The van der Waals surface area contributed by atoms with Crippen LogP contribution in [-0.4, -0.2) is 10.2 Å². The van der Waals surface area contributed by atoms with Gasteiger partial charge < -0.3 is 0 Å². The molecule has 0 amide bonds. The molecule has 0 saturated carbocycles. The number of rotatable bonds is 1. The summed E-state index contributed by atoms with van der Waals surface area (Å²) in [5.74, 6) is 0. The maximum absolute atomic E-state index is 3.91. The number of aromatic nitrogens is 2. The van der Waals surface area contributed by atoms with Gasteiger partial charge in [-0.25, -0.2) is 0 Å². The van der Waals surface area contributed by atoms with Crippen molar-refractivity contribution in [3.8, 4) is 11.1 Å². The Morgan fingerprint density at radius 3 is 2.77 bits per heavy atom. The molecular formula is C10H9BrN2. The van der Waals surface area contributed by atoms with Gasteiger partial charge in [-0.15, -0.1) is 0 Å². The van der Waals surface area contributed by atoms with Crippen LogP contribution in [0.1, 0.15) is 5.56 Å². The standard InChI is InChI=1S/C10H9BrN2/c1-7-2-3-8(4-10(7)11)9-5-12-13-6-9/h2-6H,1H3,(H,12,13). The number of benzene rings is 1. The van der Waals surface area contributed by atoms with Gasteiger partial charge in [-0.1, -0.05) is 28.1 Å². The molecule has 2 nitrogen and oxygen atoms in total. The molecule has 1 aromatic heterocycles. The van der Waals surface area contributed by atoms with E-state index in [4.69, 9.17) is 0 Å². The van der Waals surface area contributed by atoms with E-state index in [2.05, 4.69) is 51.3 Å². The highest BCUT2D eigenvalue weighted by molar-refractivity contribution is 9.10. The van der Waals surface area contributed by atoms with Crippen LogP contribution >= 0.6 is 15.9 Å². The smallest absolute Gasteiger partial charge is 0.0565 e. The van der Waals surface area contributed by atoms with Crippen LogP contribution in [0.3, 0.4) is 0 Å². The zero-order chi connectivity index (χ0) is 9.26. The fourth-order valence-electron chi connectivity index (χ4n) is 1.18. The summed E-state index contributed by atoms with van der Waals surface area (Å²) in [6.07, 6.45) is 3.70. The van der Waals surface area contributed by atoms with Gasteiger partial charge in [-0.2, -0.15) is 5.10 Å². The summed E-state index contributed by atoms with van der Waals surface area (Å²) in [6.45, 7) is 2.07. The molecule has 0 aliphatic rings. The molecule has 0 bridgehead atoms. The third-order valence-electron chi connectivity index (χ3n) is 2.00. The quantitative estimate of drug-likeness (QED) is 0.810. The molecule has 0 atom stereocenters. The van der Waals surface area contributed by atoms with Crippen molar-refractivity contribution in [3.05, 3.63) is 40.6 Å². The summed E-state index contributed by atoms with van der Waals surface area (Å²) >= 11 is 3.50. The maximum Gasteiger partial charge on any atom is 0.0565 e. The Hall–Kier alpha value is -1.09. The van der Waals surface area contributed by atoms with Gasteiger partial charge in [0.15, 0.2) is 0 Å². The SMILES string of the molecule is Cc1ccc(-c2cn[nH]c2)cc1Br. The Morgan fingerprint density at radius 2 is 2.15 bits per heavy atom. The van der Waals surface area contributed by atoms with Gasteiger partial charge in [0, 0.05) is 16.2 Å². The third kappa shape index (κ3) is 1.65. The van der Waals surface area contributed by atoms with Crippen molar-refractivity contribution in [2.75, 3.05) is 0 Å². The van der Waals surface area contributed by atoms with E-state index in [1.165, 1.54) is 11.1 Å². The molecule has 1 aromatic carbocycles. The molecule has 2 aromatic rings. The number of aromatic amines is 1. The Kier molecular flexibility index (Phi) is 2.19. The third-order valence-corrected chi connectivity index (χ3v) is 2.86. The first-order chi connectivity index (χ1) is 6.27. The minimum Gasteiger partial charge on any atom is -0.285 e. The summed E-state index contributed by atoms with van der Waals surface area (Å²) in [6, 6.07) is 6.28. The summed E-state index contributed by atoms with van der Waals surface area (Å²) in [5.41, 5.74) is 3.53. The Labute approximate surface area is 85.1 Å². The Balaban J connectivity index is 2.49. The van der Waals surface area contributed by atoms with Crippen LogP contribution in [-0.2, 0) is 0 Å². The molecule has 0 aliphatic carbocycles. The van der Waals surface area contributed by atoms with Crippen LogP contribution in [0.25, 0.3) is 11.1 Å². The monoisotopic (exact) mass is 236 g/mol. The predicted molar refractivity (Wildman–Crippen MR) is 56.5 cm³/mol. The van der Waals surface area contributed by atoms with E-state index in [0.717, 1.165) is 10.0 Å². The van der Waals surface area contributed by atoms with E-state index in [0.29, 0.717) is 0 Å². The van der Waals surface area contributed by atoms with Crippen molar-refractivity contribution < 1.29 is 0 Å². The lowest BCUT2D eigenvalue weighted by Crippen LogP contribution is -1.78. The summed E-state index contributed by atoms with van der Waals surface area (Å²) in [4.78, 5) is 0. The topological polar surface area (TPSA) is 28.7 Å². The van der Waals surface area contributed by atoms with E-state index in [1.807, 2.05) is 12.4 Å². The van der Waals surface area contributed by atoms with Gasteiger partial charge in [0.1, 0.15) is 0 Å². The highest BCUT2D eigenvalue weighted by atomic mass is 79.9. The summed E-state index contributed by atoms with van der Waals surface area (Å²) < 4.78 is 1.13. The number of H-pyrrole nitrogens is 1. The Bertz CT molecular complexity index is 407. The van der Waals surface area contributed by atoms with Crippen LogP contribution in [0.2, 0.25) is 0 Å². The number of nitrogens with zero attached hydrogens (tertiary/aromatic N) is 1. The van der Waals surface area contributed by atoms with E-state index < -0.39 is 0 Å². The minimum absolute atomic E-state index is 1.11. The molecule has 1 N–H and O–H groups in total. The van der Waals surface area contributed by atoms with Crippen molar-refractivity contribution in [3.63, 3.8) is 0 Å². The van der Waals surface area contributed by atoms with Gasteiger partial charge in [-0.3, -0.25) is 5.10 Å². The molecule has 0 radical (unpaired) electrons. The van der Waals surface area contributed by atoms with E-state index in [-0.39, 0.29) is 0 Å². The molecule has 13 heavy (non-hydrogen) atoms. The summed E-state index contributed by atoms with van der Waals surface area (Å²) in [7, 11) is 0. The van der Waals surface area contributed by atoms with Gasteiger partial charge in [-0.05, 0) is 24.1 Å². The lowest BCUT2D eigenvalue weighted by molar-refractivity contribution is 1.09. The largest absolute Gasteiger partial charge is 0.285 e. The average molecular weight is 237 g/mol. The van der Waals surface area contributed by atoms with Crippen molar-refractivity contribution in [1.29, 1.82) is 0 Å². The number of hydrogen-bond donors (Lipinski definition) is 1. The number of nitrogens with one attached hydrogen (secondary N) is 1. The number of halogens is 1. The van der Waals surface area contributed by atoms with Crippen molar-refractivity contribution in [1.82, 2.24) is 10.2 Å². The molecule has 2 rings (SSSR count). The van der Waals surface area contributed by atoms with Crippen molar-refractivity contribution in [2.24, 2.45) is 0 Å². The molecule has 1 heterocycles. The minimum atomic E-state index is 1.11. The molecule has 3 heteroatoms. The molecule has 66 valence electrons. The highest BCUT2D eigenvalue weighted by Crippen LogP contribution is 2.24. The zero-order valence-electron chi connectivity index (χ0n) is 7.21. The van der Waals surface area contributed by atoms with E-state index in [9.17, 15) is 0 Å². The molecule has 0 unspecified atom stereocenters. The highest BCUT2D eigenvalue weighted by Gasteiger charge is 2.00. The molecule has 0 aliphatic heterocycles. The van der Waals surface area contributed by atoms with Gasteiger partial charge in [0.05, 0.1) is 6.20 Å². The van der Waals surface area contributed by atoms with Crippen LogP contribution in [0.4, 0.5) is 0 Å². The molecule has 0 saturated heterocycles. The second-order valence-corrected chi connectivity index (χ2v) is 3.81. The van der Waals surface area contributed by atoms with Crippen LogP contribution < -0.4 is 0 Å². The lowest BCUT2D eigenvalue weighted by Gasteiger charge is -2.00. The van der Waals surface area contributed by atoms with Crippen LogP contribution in [0.15, 0.2) is 35.1 Å². The zero-order valence-corrected chi connectivity index (χ0v) is 8.80. The second kappa shape index (κ2) is 3.34. The fraction of sp³-hybridized carbons (Fsp3) is 0.100. The first-order valence-electron chi connectivity index (χ1n) is 4.02. The normalized spacial score (nSPS) is 10.3. The van der Waals surface area contributed by atoms with Gasteiger partial charge in [0.25, 0.3) is 0 Å². The van der Waals surface area contributed by atoms with Crippen LogP contribution in [0.5, 0.6) is 0 Å². The van der Waals surface area contributed by atoms with Gasteiger partial charge >= 0.3 is 0 Å². The molecule has 0 spiro atoms. The Morgan fingerprint density at radius 1 is 1.31 bits per heavy atom. The number of hydrogen-bond acceptors (Lipinski definition) is 1. The lowest BCUT2D eigenvalue weighted by atomic mass is 10.1. The molecule has 0 fully saturated rings. The maximum atomic E-state index is 3.91. The van der Waals surface area contributed by atoms with Crippen molar-refractivity contribution >= 4 is 15.9 Å². The van der Waals surface area contributed by atoms with E-state index >= 15 is 0 Å². The van der Waals surface area contributed by atoms with E-state index in [1.54, 1.807) is 0 Å². The van der Waals surface area contributed by atoms with Crippen LogP contribution in [0, 0.1) is 6.92 Å². The average Bonchev–Trinajstić information content (AvgIpc) is 2.62. The first kappa shape index (κ1) is 8.51. The molecular weight excluding hydrogens is 228 g/mol.